The molecule has 0 bridgehead atoms. The lowest BCUT2D eigenvalue weighted by molar-refractivity contribution is 0.0125. The predicted octanol–water partition coefficient (Wildman–Crippen LogP) is 3.84. The van der Waals surface area contributed by atoms with Gasteiger partial charge < -0.3 is 4.74 Å². The summed E-state index contributed by atoms with van der Waals surface area (Å²) in [5.74, 6) is 1.09. The summed E-state index contributed by atoms with van der Waals surface area (Å²) < 4.78 is 6.16. The third kappa shape index (κ3) is 2.98. The number of rotatable bonds is 4. The Labute approximate surface area is 104 Å². The Kier molecular flexibility index (Phi) is 4.01. The van der Waals surface area contributed by atoms with E-state index in [1.165, 1.54) is 5.56 Å². The summed E-state index contributed by atoms with van der Waals surface area (Å²) in [6.45, 7) is 8.39. The van der Waals surface area contributed by atoms with Gasteiger partial charge in [-0.3, -0.25) is 0 Å². The van der Waals surface area contributed by atoms with Crippen molar-refractivity contribution in [3.8, 4) is 0 Å². The van der Waals surface area contributed by atoms with E-state index in [1.54, 1.807) is 0 Å². The Morgan fingerprint density at radius 1 is 1.35 bits per heavy atom. The van der Waals surface area contributed by atoms with Gasteiger partial charge in [0, 0.05) is 5.92 Å². The van der Waals surface area contributed by atoms with Crippen LogP contribution in [0.25, 0.3) is 0 Å². The van der Waals surface area contributed by atoms with Crippen molar-refractivity contribution in [3.63, 3.8) is 0 Å². The Balaban J connectivity index is 1.99. The van der Waals surface area contributed by atoms with Crippen molar-refractivity contribution < 1.29 is 4.74 Å². The molecule has 2 rings (SSSR count). The van der Waals surface area contributed by atoms with Crippen molar-refractivity contribution in [1.82, 2.24) is 0 Å². The average molecular weight is 230 g/mol. The van der Waals surface area contributed by atoms with Crippen LogP contribution in [-0.2, 0) is 11.2 Å². The molecule has 1 heteroatoms. The molecule has 1 saturated heterocycles. The Bertz CT molecular complexity index is 355. The van der Waals surface area contributed by atoms with E-state index in [-0.39, 0.29) is 0 Å². The lowest BCUT2D eigenvalue weighted by Gasteiger charge is -2.19. The van der Waals surface area contributed by atoms with E-state index in [9.17, 15) is 0 Å². The SMILES string of the molecule is C=C[C@@H]1C[C@H](Cc2ccccc2)O[C@@H]1C(C)C. The topological polar surface area (TPSA) is 9.23 Å². The zero-order valence-corrected chi connectivity index (χ0v) is 10.8. The number of hydrogen-bond donors (Lipinski definition) is 0. The fourth-order valence-electron chi connectivity index (χ4n) is 2.71. The van der Waals surface area contributed by atoms with Gasteiger partial charge in [-0.05, 0) is 24.3 Å². The summed E-state index contributed by atoms with van der Waals surface area (Å²) in [6, 6.07) is 10.6. The van der Waals surface area contributed by atoms with Crippen molar-refractivity contribution in [1.29, 1.82) is 0 Å². The highest BCUT2D eigenvalue weighted by Gasteiger charge is 2.34. The molecule has 1 aliphatic rings. The molecule has 0 saturated carbocycles. The van der Waals surface area contributed by atoms with Crippen LogP contribution in [0.15, 0.2) is 43.0 Å². The van der Waals surface area contributed by atoms with Crippen LogP contribution in [0.4, 0.5) is 0 Å². The van der Waals surface area contributed by atoms with Crippen molar-refractivity contribution in [2.24, 2.45) is 11.8 Å². The van der Waals surface area contributed by atoms with E-state index in [2.05, 4.69) is 56.8 Å². The molecule has 0 aromatic heterocycles. The third-order valence-corrected chi connectivity index (χ3v) is 3.57. The van der Waals surface area contributed by atoms with Crippen LogP contribution in [0.2, 0.25) is 0 Å². The van der Waals surface area contributed by atoms with Gasteiger partial charge in [0.15, 0.2) is 0 Å². The lowest BCUT2D eigenvalue weighted by Crippen LogP contribution is -2.21. The smallest absolute Gasteiger partial charge is 0.0665 e. The highest BCUT2D eigenvalue weighted by atomic mass is 16.5. The fraction of sp³-hybridized carbons (Fsp3) is 0.500. The highest BCUT2D eigenvalue weighted by Crippen LogP contribution is 2.33. The summed E-state index contributed by atoms with van der Waals surface area (Å²) in [5, 5.41) is 0. The summed E-state index contributed by atoms with van der Waals surface area (Å²) in [4.78, 5) is 0. The van der Waals surface area contributed by atoms with Gasteiger partial charge in [-0.2, -0.15) is 0 Å². The van der Waals surface area contributed by atoms with Gasteiger partial charge >= 0.3 is 0 Å². The molecule has 1 aromatic carbocycles. The Morgan fingerprint density at radius 2 is 2.06 bits per heavy atom. The largest absolute Gasteiger partial charge is 0.374 e. The maximum Gasteiger partial charge on any atom is 0.0665 e. The first-order valence-corrected chi connectivity index (χ1v) is 6.52. The van der Waals surface area contributed by atoms with E-state index in [4.69, 9.17) is 4.74 Å². The maximum atomic E-state index is 6.16. The van der Waals surface area contributed by atoms with Crippen molar-refractivity contribution in [2.75, 3.05) is 0 Å². The molecule has 0 aliphatic carbocycles. The zero-order chi connectivity index (χ0) is 12.3. The first kappa shape index (κ1) is 12.4. The first-order valence-electron chi connectivity index (χ1n) is 6.52. The van der Waals surface area contributed by atoms with Crippen LogP contribution >= 0.6 is 0 Å². The summed E-state index contributed by atoms with van der Waals surface area (Å²) in [5.41, 5.74) is 1.37. The maximum absolute atomic E-state index is 6.16. The van der Waals surface area contributed by atoms with Gasteiger partial charge in [0.1, 0.15) is 0 Å². The first-order chi connectivity index (χ1) is 8.20. The van der Waals surface area contributed by atoms with Gasteiger partial charge in [0.2, 0.25) is 0 Å². The lowest BCUT2D eigenvalue weighted by atomic mass is 9.91. The fourth-order valence-corrected chi connectivity index (χ4v) is 2.71. The van der Waals surface area contributed by atoms with E-state index in [0.717, 1.165) is 12.8 Å². The summed E-state index contributed by atoms with van der Waals surface area (Å²) in [7, 11) is 0. The molecule has 0 spiro atoms. The van der Waals surface area contributed by atoms with Gasteiger partial charge in [-0.25, -0.2) is 0 Å². The minimum Gasteiger partial charge on any atom is -0.374 e. The molecule has 1 heterocycles. The second kappa shape index (κ2) is 5.50. The number of benzene rings is 1. The van der Waals surface area contributed by atoms with E-state index >= 15 is 0 Å². The van der Waals surface area contributed by atoms with Gasteiger partial charge in [0.05, 0.1) is 12.2 Å². The zero-order valence-electron chi connectivity index (χ0n) is 10.8. The van der Waals surface area contributed by atoms with E-state index in [1.807, 2.05) is 0 Å². The molecule has 1 aliphatic heterocycles. The van der Waals surface area contributed by atoms with Gasteiger partial charge in [-0.1, -0.05) is 50.3 Å². The molecule has 0 radical (unpaired) electrons. The predicted molar refractivity (Wildman–Crippen MR) is 71.9 cm³/mol. The molecular formula is C16H22O. The van der Waals surface area contributed by atoms with Crippen molar-refractivity contribution >= 4 is 0 Å². The highest BCUT2D eigenvalue weighted by molar-refractivity contribution is 5.16. The quantitative estimate of drug-likeness (QED) is 0.714. The molecule has 92 valence electrons. The second-order valence-electron chi connectivity index (χ2n) is 5.29. The molecule has 1 fully saturated rings. The van der Waals surface area contributed by atoms with Crippen LogP contribution in [-0.4, -0.2) is 12.2 Å². The van der Waals surface area contributed by atoms with Crippen LogP contribution in [0.3, 0.4) is 0 Å². The molecular weight excluding hydrogens is 208 g/mol. The minimum atomic E-state index is 0.348. The van der Waals surface area contributed by atoms with E-state index in [0.29, 0.717) is 24.0 Å². The number of ether oxygens (including phenoxy) is 1. The molecule has 0 N–H and O–H groups in total. The second-order valence-corrected chi connectivity index (χ2v) is 5.29. The minimum absolute atomic E-state index is 0.348. The third-order valence-electron chi connectivity index (χ3n) is 3.57. The number of hydrogen-bond acceptors (Lipinski definition) is 1. The van der Waals surface area contributed by atoms with Crippen LogP contribution in [0, 0.1) is 11.8 Å². The standard InChI is InChI=1S/C16H22O/c1-4-14-11-15(17-16(14)12(2)3)10-13-8-6-5-7-9-13/h4-9,12,14-16H,1,10-11H2,2-3H3/t14-,15+,16-/m1/s1. The summed E-state index contributed by atoms with van der Waals surface area (Å²) >= 11 is 0. The summed E-state index contributed by atoms with van der Waals surface area (Å²) in [6.07, 6.45) is 4.90. The normalized spacial score (nSPS) is 28.5. The monoisotopic (exact) mass is 230 g/mol. The van der Waals surface area contributed by atoms with Crippen LogP contribution < -0.4 is 0 Å². The average Bonchev–Trinajstić information content (AvgIpc) is 2.73. The molecule has 1 aromatic rings. The van der Waals surface area contributed by atoms with Crippen molar-refractivity contribution in [3.05, 3.63) is 48.6 Å². The van der Waals surface area contributed by atoms with Crippen LogP contribution in [0.1, 0.15) is 25.8 Å². The molecule has 0 unspecified atom stereocenters. The molecule has 3 atom stereocenters. The molecule has 0 amide bonds. The Morgan fingerprint density at radius 3 is 2.59 bits per heavy atom. The van der Waals surface area contributed by atoms with E-state index < -0.39 is 0 Å². The van der Waals surface area contributed by atoms with Crippen molar-refractivity contribution in [2.45, 2.75) is 38.9 Å². The van der Waals surface area contributed by atoms with Gasteiger partial charge in [-0.15, -0.1) is 6.58 Å². The molecule has 1 nitrogen and oxygen atoms in total. The van der Waals surface area contributed by atoms with Crippen LogP contribution in [0.5, 0.6) is 0 Å². The molecule has 17 heavy (non-hydrogen) atoms. The Hall–Kier alpha value is -1.08. The van der Waals surface area contributed by atoms with Gasteiger partial charge in [0.25, 0.3) is 0 Å².